The number of carbonyl (C=O) groups excluding carboxylic acids is 2. The maximum Gasteiger partial charge on any atom is 0.227 e. The molecular formula is C15H18FNO3. The Hall–Kier alpha value is -1.91. The van der Waals surface area contributed by atoms with Gasteiger partial charge in [-0.2, -0.15) is 0 Å². The van der Waals surface area contributed by atoms with Crippen LogP contribution in [-0.2, 0) is 16.0 Å². The fourth-order valence-electron chi connectivity index (χ4n) is 2.22. The number of likely N-dealkylation sites (tertiary alicyclic amines) is 1. The maximum atomic E-state index is 13.7. The van der Waals surface area contributed by atoms with E-state index in [-0.39, 0.29) is 23.9 Å². The molecule has 0 aromatic heterocycles. The van der Waals surface area contributed by atoms with Crippen molar-refractivity contribution in [3.63, 3.8) is 0 Å². The third-order valence-electron chi connectivity index (χ3n) is 3.33. The molecule has 0 bridgehead atoms. The molecule has 0 atom stereocenters. The molecule has 0 N–H and O–H groups in total. The van der Waals surface area contributed by atoms with Crippen LogP contribution < -0.4 is 4.74 Å². The Labute approximate surface area is 117 Å². The molecule has 0 saturated carbocycles. The summed E-state index contributed by atoms with van der Waals surface area (Å²) in [5, 5.41) is 0. The molecule has 20 heavy (non-hydrogen) atoms. The molecule has 108 valence electrons. The van der Waals surface area contributed by atoms with Gasteiger partial charge in [-0.15, -0.1) is 0 Å². The summed E-state index contributed by atoms with van der Waals surface area (Å²) in [4.78, 5) is 24.9. The zero-order valence-corrected chi connectivity index (χ0v) is 11.5. The zero-order chi connectivity index (χ0) is 14.5. The summed E-state index contributed by atoms with van der Waals surface area (Å²) in [7, 11) is 0. The molecule has 1 amide bonds. The van der Waals surface area contributed by atoms with Gasteiger partial charge in [0.05, 0.1) is 13.0 Å². The van der Waals surface area contributed by atoms with Crippen LogP contribution >= 0.6 is 0 Å². The largest absolute Gasteiger partial charge is 0.491 e. The van der Waals surface area contributed by atoms with E-state index in [0.717, 1.165) is 0 Å². The van der Waals surface area contributed by atoms with Crippen LogP contribution in [0.2, 0.25) is 0 Å². The van der Waals surface area contributed by atoms with Gasteiger partial charge in [-0.25, -0.2) is 4.39 Å². The third-order valence-corrected chi connectivity index (χ3v) is 3.33. The summed E-state index contributed by atoms with van der Waals surface area (Å²) >= 11 is 0. The average molecular weight is 279 g/mol. The molecule has 1 fully saturated rings. The van der Waals surface area contributed by atoms with Crippen molar-refractivity contribution < 1.29 is 18.7 Å². The number of hydrogen-bond donors (Lipinski definition) is 0. The Kier molecular flexibility index (Phi) is 4.71. The van der Waals surface area contributed by atoms with Gasteiger partial charge in [0, 0.05) is 25.9 Å². The first kappa shape index (κ1) is 14.5. The van der Waals surface area contributed by atoms with Gasteiger partial charge in [-0.3, -0.25) is 9.59 Å². The molecule has 2 rings (SSSR count). The maximum absolute atomic E-state index is 13.7. The molecular weight excluding hydrogens is 261 g/mol. The van der Waals surface area contributed by atoms with Crippen molar-refractivity contribution in [2.45, 2.75) is 26.2 Å². The number of amides is 1. The minimum absolute atomic E-state index is 0.0685. The summed E-state index contributed by atoms with van der Waals surface area (Å²) in [5.41, 5.74) is 0.618. The van der Waals surface area contributed by atoms with Crippen LogP contribution in [0.3, 0.4) is 0 Å². The summed E-state index contributed by atoms with van der Waals surface area (Å²) in [6.45, 7) is 3.12. The van der Waals surface area contributed by atoms with Crippen molar-refractivity contribution >= 4 is 11.7 Å². The van der Waals surface area contributed by atoms with Crippen molar-refractivity contribution in [3.05, 3.63) is 29.6 Å². The highest BCUT2D eigenvalue weighted by Crippen LogP contribution is 2.19. The number of carbonyl (C=O) groups is 2. The highest BCUT2D eigenvalue weighted by molar-refractivity contribution is 5.84. The molecule has 1 aliphatic heterocycles. The van der Waals surface area contributed by atoms with E-state index in [4.69, 9.17) is 4.74 Å². The van der Waals surface area contributed by atoms with Crippen LogP contribution in [0.1, 0.15) is 25.3 Å². The molecule has 1 aliphatic rings. The number of ether oxygens (including phenoxy) is 1. The molecule has 1 heterocycles. The summed E-state index contributed by atoms with van der Waals surface area (Å²) < 4.78 is 18.8. The Morgan fingerprint density at radius 2 is 2.05 bits per heavy atom. The predicted octanol–water partition coefficient (Wildman–Crippen LogP) is 1.96. The van der Waals surface area contributed by atoms with Gasteiger partial charge in [0.2, 0.25) is 5.91 Å². The van der Waals surface area contributed by atoms with Crippen LogP contribution in [0.15, 0.2) is 18.2 Å². The first-order valence-corrected chi connectivity index (χ1v) is 6.81. The van der Waals surface area contributed by atoms with E-state index in [1.54, 1.807) is 24.0 Å². The SMILES string of the molecule is CCOc1ccc(CC(=O)N2CCC(=O)CC2)cc1F. The van der Waals surface area contributed by atoms with Crippen molar-refractivity contribution in [3.8, 4) is 5.75 Å². The lowest BCUT2D eigenvalue weighted by Crippen LogP contribution is -2.39. The number of Topliss-reactive ketones (excluding diaryl/α,β-unsaturated/α-hetero) is 1. The molecule has 4 nitrogen and oxygen atoms in total. The van der Waals surface area contributed by atoms with Gasteiger partial charge < -0.3 is 9.64 Å². The number of halogens is 1. The van der Waals surface area contributed by atoms with E-state index in [1.165, 1.54) is 6.07 Å². The van der Waals surface area contributed by atoms with Gasteiger partial charge >= 0.3 is 0 Å². The van der Waals surface area contributed by atoms with Crippen molar-refractivity contribution in [2.75, 3.05) is 19.7 Å². The normalized spacial score (nSPS) is 15.3. The molecule has 0 radical (unpaired) electrons. The van der Waals surface area contributed by atoms with Crippen LogP contribution in [0.5, 0.6) is 5.75 Å². The van der Waals surface area contributed by atoms with E-state index in [2.05, 4.69) is 0 Å². The Balaban J connectivity index is 1.97. The second-order valence-electron chi connectivity index (χ2n) is 4.79. The predicted molar refractivity (Wildman–Crippen MR) is 72.1 cm³/mol. The lowest BCUT2D eigenvalue weighted by molar-refractivity contribution is -0.133. The Morgan fingerprint density at radius 3 is 2.65 bits per heavy atom. The van der Waals surface area contributed by atoms with Crippen molar-refractivity contribution in [1.82, 2.24) is 4.90 Å². The van der Waals surface area contributed by atoms with Gasteiger partial charge in [0.15, 0.2) is 11.6 Å². The van der Waals surface area contributed by atoms with Gasteiger partial charge in [0.1, 0.15) is 5.78 Å². The second kappa shape index (κ2) is 6.50. The standard InChI is InChI=1S/C15H18FNO3/c1-2-20-14-4-3-11(9-13(14)16)10-15(19)17-7-5-12(18)6-8-17/h3-4,9H,2,5-8,10H2,1H3. The number of benzene rings is 1. The Bertz CT molecular complexity index is 506. The first-order chi connectivity index (χ1) is 9.60. The molecule has 0 spiro atoms. The Morgan fingerprint density at radius 1 is 1.35 bits per heavy atom. The highest BCUT2D eigenvalue weighted by atomic mass is 19.1. The number of piperidine rings is 1. The van der Waals surface area contributed by atoms with E-state index in [0.29, 0.717) is 38.1 Å². The van der Waals surface area contributed by atoms with Crippen molar-refractivity contribution in [2.24, 2.45) is 0 Å². The monoisotopic (exact) mass is 279 g/mol. The fourth-order valence-corrected chi connectivity index (χ4v) is 2.22. The van der Waals surface area contributed by atoms with Gasteiger partial charge in [0.25, 0.3) is 0 Å². The number of ketones is 1. The molecule has 1 saturated heterocycles. The summed E-state index contributed by atoms with van der Waals surface area (Å²) in [6, 6.07) is 4.57. The van der Waals surface area contributed by atoms with Crippen LogP contribution in [-0.4, -0.2) is 36.3 Å². The smallest absolute Gasteiger partial charge is 0.227 e. The quantitative estimate of drug-likeness (QED) is 0.846. The lowest BCUT2D eigenvalue weighted by atomic mass is 10.1. The van der Waals surface area contributed by atoms with E-state index < -0.39 is 5.82 Å². The minimum Gasteiger partial charge on any atom is -0.491 e. The second-order valence-corrected chi connectivity index (χ2v) is 4.79. The molecule has 1 aromatic rings. The van der Waals surface area contributed by atoms with E-state index in [1.807, 2.05) is 0 Å². The molecule has 5 heteroatoms. The zero-order valence-electron chi connectivity index (χ0n) is 11.5. The average Bonchev–Trinajstić information content (AvgIpc) is 2.42. The fraction of sp³-hybridized carbons (Fsp3) is 0.467. The van der Waals surface area contributed by atoms with Crippen LogP contribution in [0.25, 0.3) is 0 Å². The van der Waals surface area contributed by atoms with Crippen LogP contribution in [0, 0.1) is 5.82 Å². The molecule has 0 aliphatic carbocycles. The molecule has 1 aromatic carbocycles. The molecule has 0 unspecified atom stereocenters. The topological polar surface area (TPSA) is 46.6 Å². The lowest BCUT2D eigenvalue weighted by Gasteiger charge is -2.26. The van der Waals surface area contributed by atoms with E-state index >= 15 is 0 Å². The third kappa shape index (κ3) is 3.56. The van der Waals surface area contributed by atoms with Gasteiger partial charge in [-0.05, 0) is 24.6 Å². The summed E-state index contributed by atoms with van der Waals surface area (Å²) in [5.74, 6) is -0.125. The number of hydrogen-bond acceptors (Lipinski definition) is 3. The number of nitrogens with zero attached hydrogens (tertiary/aromatic N) is 1. The van der Waals surface area contributed by atoms with E-state index in [9.17, 15) is 14.0 Å². The minimum atomic E-state index is -0.453. The van der Waals surface area contributed by atoms with Crippen molar-refractivity contribution in [1.29, 1.82) is 0 Å². The highest BCUT2D eigenvalue weighted by Gasteiger charge is 2.21. The summed E-state index contributed by atoms with van der Waals surface area (Å²) in [6.07, 6.45) is 0.990. The van der Waals surface area contributed by atoms with Crippen LogP contribution in [0.4, 0.5) is 4.39 Å². The van der Waals surface area contributed by atoms with Gasteiger partial charge in [-0.1, -0.05) is 6.07 Å². The first-order valence-electron chi connectivity index (χ1n) is 6.81. The number of rotatable bonds is 4.